The summed E-state index contributed by atoms with van der Waals surface area (Å²) >= 11 is 0. The van der Waals surface area contributed by atoms with Crippen LogP contribution in [0.5, 0.6) is 0 Å². The molecule has 0 aliphatic rings. The molecule has 0 bridgehead atoms. The van der Waals surface area contributed by atoms with Gasteiger partial charge in [0.05, 0.1) is 17.8 Å². The van der Waals surface area contributed by atoms with Crippen molar-refractivity contribution in [2.24, 2.45) is 0 Å². The molecule has 0 spiro atoms. The van der Waals surface area contributed by atoms with Gasteiger partial charge in [-0.05, 0) is 35.2 Å². The maximum Gasteiger partial charge on any atom is 0.337 e. The highest BCUT2D eigenvalue weighted by Crippen LogP contribution is 2.23. The first kappa shape index (κ1) is 15.0. The number of pyridine rings is 1. The molecule has 4 nitrogen and oxygen atoms in total. The van der Waals surface area contributed by atoms with Gasteiger partial charge in [-0.3, -0.25) is 4.98 Å². The Hall–Kier alpha value is -2.36. The molecular formula is C17H20N2O2. The quantitative estimate of drug-likeness (QED) is 0.899. The van der Waals surface area contributed by atoms with Crippen LogP contribution in [0.1, 0.15) is 42.4 Å². The van der Waals surface area contributed by atoms with Crippen molar-refractivity contribution in [1.82, 2.24) is 4.98 Å². The van der Waals surface area contributed by atoms with Crippen LogP contribution in [0.3, 0.4) is 0 Å². The maximum atomic E-state index is 10.7. The second kappa shape index (κ2) is 5.95. The van der Waals surface area contributed by atoms with Crippen molar-refractivity contribution >= 4 is 11.7 Å². The number of benzene rings is 1. The number of aromatic carboxylic acids is 1. The first-order chi connectivity index (χ1) is 9.86. The van der Waals surface area contributed by atoms with Crippen LogP contribution in [0, 0.1) is 0 Å². The Morgan fingerprint density at radius 2 is 1.81 bits per heavy atom. The molecule has 0 aliphatic heterocycles. The number of rotatable bonds is 4. The van der Waals surface area contributed by atoms with Gasteiger partial charge in [0.15, 0.2) is 0 Å². The number of nitrogens with one attached hydrogen (secondary N) is 1. The van der Waals surface area contributed by atoms with Crippen molar-refractivity contribution in [2.45, 2.75) is 32.7 Å². The predicted octanol–water partition coefficient (Wildman–Crippen LogP) is 3.69. The third-order valence-electron chi connectivity index (χ3n) is 3.30. The average molecular weight is 284 g/mol. The van der Waals surface area contributed by atoms with Gasteiger partial charge in [-0.2, -0.15) is 0 Å². The molecule has 110 valence electrons. The van der Waals surface area contributed by atoms with E-state index in [1.807, 2.05) is 12.1 Å². The molecule has 0 atom stereocenters. The number of aromatic nitrogens is 1. The largest absolute Gasteiger partial charge is 0.478 e. The molecule has 0 saturated heterocycles. The lowest BCUT2D eigenvalue weighted by Gasteiger charge is -2.19. The Morgan fingerprint density at radius 3 is 2.29 bits per heavy atom. The van der Waals surface area contributed by atoms with E-state index in [0.717, 1.165) is 11.4 Å². The maximum absolute atomic E-state index is 10.7. The number of nitrogens with zero attached hydrogens (tertiary/aromatic N) is 1. The first-order valence-electron chi connectivity index (χ1n) is 6.89. The fraction of sp³-hybridized carbons (Fsp3) is 0.294. The normalized spacial score (nSPS) is 11.2. The van der Waals surface area contributed by atoms with Crippen molar-refractivity contribution in [3.8, 4) is 0 Å². The summed E-state index contributed by atoms with van der Waals surface area (Å²) in [5.74, 6) is -0.959. The molecule has 1 aromatic carbocycles. The molecule has 21 heavy (non-hydrogen) atoms. The second-order valence-electron chi connectivity index (χ2n) is 6.02. The number of carboxylic acid groups (broad SMARTS) is 1. The van der Waals surface area contributed by atoms with Crippen LogP contribution < -0.4 is 5.32 Å². The minimum atomic E-state index is -0.959. The monoisotopic (exact) mass is 284 g/mol. The smallest absolute Gasteiger partial charge is 0.337 e. The van der Waals surface area contributed by atoms with Gasteiger partial charge >= 0.3 is 5.97 Å². The minimum absolute atomic E-state index is 0.146. The van der Waals surface area contributed by atoms with E-state index in [2.05, 4.69) is 43.2 Å². The van der Waals surface area contributed by atoms with Crippen LogP contribution in [0.25, 0.3) is 0 Å². The van der Waals surface area contributed by atoms with E-state index >= 15 is 0 Å². The van der Waals surface area contributed by atoms with Crippen LogP contribution in [0.4, 0.5) is 5.69 Å². The van der Waals surface area contributed by atoms with Gasteiger partial charge in [0.25, 0.3) is 0 Å². The molecule has 2 aromatic rings. The molecule has 0 unspecified atom stereocenters. The van der Waals surface area contributed by atoms with E-state index < -0.39 is 5.97 Å². The van der Waals surface area contributed by atoms with Gasteiger partial charge in [0.1, 0.15) is 0 Å². The Bertz CT molecular complexity index is 611. The van der Waals surface area contributed by atoms with E-state index in [1.165, 1.54) is 11.8 Å². The minimum Gasteiger partial charge on any atom is -0.478 e. The third kappa shape index (κ3) is 4.05. The van der Waals surface area contributed by atoms with Gasteiger partial charge in [0, 0.05) is 11.9 Å². The van der Waals surface area contributed by atoms with Crippen molar-refractivity contribution in [3.63, 3.8) is 0 Å². The summed E-state index contributed by atoms with van der Waals surface area (Å²) in [6.07, 6.45) is 1.38. The van der Waals surface area contributed by atoms with Crippen molar-refractivity contribution < 1.29 is 9.90 Å². The second-order valence-corrected chi connectivity index (χ2v) is 6.02. The van der Waals surface area contributed by atoms with Crippen LogP contribution in [-0.4, -0.2) is 16.1 Å². The summed E-state index contributed by atoms with van der Waals surface area (Å²) in [5.41, 5.74) is 3.46. The lowest BCUT2D eigenvalue weighted by atomic mass is 9.87. The Labute approximate surface area is 124 Å². The summed E-state index contributed by atoms with van der Waals surface area (Å²) in [6.45, 7) is 7.12. The number of anilines is 1. The Morgan fingerprint density at radius 1 is 1.14 bits per heavy atom. The summed E-state index contributed by atoms with van der Waals surface area (Å²) in [7, 11) is 0. The van der Waals surface area contributed by atoms with Crippen LogP contribution in [0.2, 0.25) is 0 Å². The molecular weight excluding hydrogens is 264 g/mol. The Kier molecular flexibility index (Phi) is 4.26. The number of carboxylic acids is 1. The lowest BCUT2D eigenvalue weighted by molar-refractivity contribution is 0.0696. The molecule has 0 amide bonds. The van der Waals surface area contributed by atoms with Gasteiger partial charge in [-0.15, -0.1) is 0 Å². The first-order valence-corrected chi connectivity index (χ1v) is 6.89. The molecule has 2 N–H and O–H groups in total. The summed E-state index contributed by atoms with van der Waals surface area (Å²) < 4.78 is 0. The molecule has 0 fully saturated rings. The fourth-order valence-electron chi connectivity index (χ4n) is 1.94. The Balaban J connectivity index is 1.98. The molecule has 1 heterocycles. The van der Waals surface area contributed by atoms with Crippen molar-refractivity contribution in [3.05, 3.63) is 59.4 Å². The summed E-state index contributed by atoms with van der Waals surface area (Å²) in [6, 6.07) is 11.6. The third-order valence-corrected chi connectivity index (χ3v) is 3.30. The highest BCUT2D eigenvalue weighted by atomic mass is 16.4. The molecule has 2 rings (SSSR count). The fourth-order valence-corrected chi connectivity index (χ4v) is 1.94. The zero-order valence-corrected chi connectivity index (χ0v) is 12.6. The van der Waals surface area contributed by atoms with E-state index in [4.69, 9.17) is 5.11 Å². The molecule has 0 radical (unpaired) electrons. The van der Waals surface area contributed by atoms with E-state index in [0.29, 0.717) is 6.54 Å². The van der Waals surface area contributed by atoms with E-state index in [-0.39, 0.29) is 11.0 Å². The van der Waals surface area contributed by atoms with Crippen molar-refractivity contribution in [2.75, 3.05) is 5.32 Å². The number of hydrogen-bond acceptors (Lipinski definition) is 3. The van der Waals surface area contributed by atoms with Crippen LogP contribution in [-0.2, 0) is 12.0 Å². The van der Waals surface area contributed by atoms with Crippen LogP contribution in [0.15, 0.2) is 42.6 Å². The van der Waals surface area contributed by atoms with E-state index in [9.17, 15) is 4.79 Å². The standard InChI is InChI=1S/C17H20N2O2/c1-17(2,3)13-5-8-14(9-6-13)19-11-15-7-4-12(10-18-15)16(20)21/h4-10,19H,11H2,1-3H3,(H,20,21). The van der Waals surface area contributed by atoms with Crippen molar-refractivity contribution in [1.29, 1.82) is 0 Å². The summed E-state index contributed by atoms with van der Waals surface area (Å²) in [5, 5.41) is 12.1. The zero-order chi connectivity index (χ0) is 15.5. The predicted molar refractivity (Wildman–Crippen MR) is 83.7 cm³/mol. The molecule has 0 aliphatic carbocycles. The average Bonchev–Trinajstić information content (AvgIpc) is 2.45. The van der Waals surface area contributed by atoms with Gasteiger partial charge < -0.3 is 10.4 Å². The highest BCUT2D eigenvalue weighted by molar-refractivity contribution is 5.87. The van der Waals surface area contributed by atoms with Gasteiger partial charge in [-0.25, -0.2) is 4.79 Å². The molecule has 0 saturated carbocycles. The van der Waals surface area contributed by atoms with E-state index in [1.54, 1.807) is 12.1 Å². The molecule has 4 heteroatoms. The SMILES string of the molecule is CC(C)(C)c1ccc(NCc2ccc(C(=O)O)cn2)cc1. The highest BCUT2D eigenvalue weighted by Gasteiger charge is 2.12. The number of hydrogen-bond donors (Lipinski definition) is 2. The zero-order valence-electron chi connectivity index (χ0n) is 12.6. The van der Waals surface area contributed by atoms with Crippen LogP contribution >= 0.6 is 0 Å². The summed E-state index contributed by atoms with van der Waals surface area (Å²) in [4.78, 5) is 14.9. The molecule has 1 aromatic heterocycles. The topological polar surface area (TPSA) is 62.2 Å². The van der Waals surface area contributed by atoms with Gasteiger partial charge in [-0.1, -0.05) is 32.9 Å². The lowest BCUT2D eigenvalue weighted by Crippen LogP contribution is -2.11. The number of carbonyl (C=O) groups is 1. The van der Waals surface area contributed by atoms with Gasteiger partial charge in [0.2, 0.25) is 0 Å².